The third-order valence-corrected chi connectivity index (χ3v) is 6.59. The lowest BCUT2D eigenvalue weighted by Crippen LogP contribution is -2.44. The number of piperidine rings is 1. The van der Waals surface area contributed by atoms with Crippen molar-refractivity contribution in [3.05, 3.63) is 41.6 Å². The highest BCUT2D eigenvalue weighted by Crippen LogP contribution is 2.34. The lowest BCUT2D eigenvalue weighted by molar-refractivity contribution is -0.137. The van der Waals surface area contributed by atoms with Gasteiger partial charge >= 0.3 is 12.2 Å². The fourth-order valence-electron chi connectivity index (χ4n) is 4.23. The first-order valence-corrected chi connectivity index (χ1v) is 13.3. The van der Waals surface area contributed by atoms with Gasteiger partial charge in [0, 0.05) is 51.3 Å². The minimum atomic E-state index is -4.59. The first-order chi connectivity index (χ1) is 16.9. The van der Waals surface area contributed by atoms with Gasteiger partial charge in [-0.15, -0.1) is 5.10 Å². The van der Waals surface area contributed by atoms with Crippen molar-refractivity contribution >= 4 is 27.8 Å². The van der Waals surface area contributed by atoms with Gasteiger partial charge in [-0.3, -0.25) is 9.52 Å². The third-order valence-electron chi connectivity index (χ3n) is 6.01. The zero-order valence-corrected chi connectivity index (χ0v) is 20.3. The molecular weight excluding hydrogens is 503 g/mol. The number of carbonyl (C=O) groups is 2. The first-order valence-electron chi connectivity index (χ1n) is 11.4. The Morgan fingerprint density at radius 1 is 1.06 bits per heavy atom. The van der Waals surface area contributed by atoms with Crippen LogP contribution in [-0.2, 0) is 16.2 Å². The van der Waals surface area contributed by atoms with Crippen molar-refractivity contribution in [3.8, 4) is 5.75 Å². The number of nitrogens with one attached hydrogen (secondary N) is 1. The molecule has 0 aliphatic carbocycles. The van der Waals surface area contributed by atoms with E-state index in [-0.39, 0.29) is 30.2 Å². The molecule has 0 radical (unpaired) electrons. The highest BCUT2D eigenvalue weighted by molar-refractivity contribution is 7.92. The van der Waals surface area contributed by atoms with E-state index in [1.54, 1.807) is 0 Å². The molecule has 196 valence electrons. The van der Waals surface area contributed by atoms with Crippen molar-refractivity contribution in [2.24, 2.45) is 0 Å². The second kappa shape index (κ2) is 9.99. The number of alkyl halides is 3. The molecule has 0 saturated carbocycles. The molecule has 10 nitrogen and oxygen atoms in total. The number of carbonyl (C=O) groups excluding carboxylic acids is 2. The summed E-state index contributed by atoms with van der Waals surface area (Å²) in [4.78, 5) is 28.7. The second-order valence-corrected chi connectivity index (χ2v) is 10.6. The molecule has 2 saturated heterocycles. The van der Waals surface area contributed by atoms with Crippen molar-refractivity contribution < 1.29 is 35.9 Å². The van der Waals surface area contributed by atoms with Crippen LogP contribution in [-0.4, -0.2) is 78.5 Å². The van der Waals surface area contributed by atoms with Crippen LogP contribution in [0.15, 0.2) is 30.5 Å². The van der Waals surface area contributed by atoms with E-state index in [0.29, 0.717) is 25.9 Å². The molecule has 0 atom stereocenters. The van der Waals surface area contributed by atoms with Gasteiger partial charge in [-0.05, 0) is 31.0 Å². The molecule has 2 amide bonds. The van der Waals surface area contributed by atoms with Crippen LogP contribution < -0.4 is 9.46 Å². The number of ether oxygens (including phenoxy) is 1. The van der Waals surface area contributed by atoms with Gasteiger partial charge < -0.3 is 14.5 Å². The molecular formula is C22H26F3N5O5S. The summed E-state index contributed by atoms with van der Waals surface area (Å²) in [6.45, 7) is 1.55. The van der Waals surface area contributed by atoms with E-state index in [1.807, 2.05) is 0 Å². The average Bonchev–Trinajstić information content (AvgIpc) is 3.50. The van der Waals surface area contributed by atoms with E-state index in [2.05, 4.69) is 9.82 Å². The molecule has 0 unspecified atom stereocenters. The van der Waals surface area contributed by atoms with Gasteiger partial charge in [0.05, 0.1) is 17.4 Å². The van der Waals surface area contributed by atoms with Crippen LogP contribution in [0.1, 0.15) is 41.6 Å². The minimum absolute atomic E-state index is 0.0153. The monoisotopic (exact) mass is 529 g/mol. The van der Waals surface area contributed by atoms with Crippen LogP contribution in [0.2, 0.25) is 0 Å². The molecule has 2 aromatic rings. The Morgan fingerprint density at radius 3 is 2.33 bits per heavy atom. The van der Waals surface area contributed by atoms with Gasteiger partial charge in [-0.1, -0.05) is 0 Å². The number of anilines is 1. The lowest BCUT2D eigenvalue weighted by atomic mass is 10.1. The van der Waals surface area contributed by atoms with E-state index in [4.69, 9.17) is 4.74 Å². The van der Waals surface area contributed by atoms with Crippen LogP contribution in [0.3, 0.4) is 0 Å². The van der Waals surface area contributed by atoms with E-state index >= 15 is 0 Å². The Balaban J connectivity index is 1.42. The summed E-state index contributed by atoms with van der Waals surface area (Å²) >= 11 is 0. The minimum Gasteiger partial charge on any atom is -0.489 e. The lowest BCUT2D eigenvalue weighted by Gasteiger charge is -2.32. The number of rotatable bonds is 5. The number of benzene rings is 1. The molecule has 3 heterocycles. The number of likely N-dealkylation sites (tertiary alicyclic amines) is 2. The molecule has 36 heavy (non-hydrogen) atoms. The molecule has 0 bridgehead atoms. The summed E-state index contributed by atoms with van der Waals surface area (Å²) in [5.41, 5.74) is -1.03. The van der Waals surface area contributed by atoms with Crippen LogP contribution >= 0.6 is 0 Å². The van der Waals surface area contributed by atoms with Crippen molar-refractivity contribution in [2.75, 3.05) is 37.2 Å². The molecule has 14 heteroatoms. The normalized spacial score (nSPS) is 17.3. The zero-order chi connectivity index (χ0) is 26.1. The molecule has 1 N–H and O–H groups in total. The summed E-state index contributed by atoms with van der Waals surface area (Å²) in [6.07, 6.45) is -0.301. The van der Waals surface area contributed by atoms with Crippen LogP contribution in [0.25, 0.3) is 0 Å². The summed E-state index contributed by atoms with van der Waals surface area (Å²) in [5, 5.41) is 3.92. The summed E-state index contributed by atoms with van der Waals surface area (Å²) in [6, 6.07) is 3.83. The predicted molar refractivity (Wildman–Crippen MR) is 123 cm³/mol. The van der Waals surface area contributed by atoms with Crippen LogP contribution in [0.5, 0.6) is 5.75 Å². The third kappa shape index (κ3) is 6.09. The van der Waals surface area contributed by atoms with Gasteiger partial charge in [0.15, 0.2) is 5.82 Å². The Morgan fingerprint density at radius 2 is 1.72 bits per heavy atom. The van der Waals surface area contributed by atoms with E-state index in [0.717, 1.165) is 35.9 Å². The average molecular weight is 530 g/mol. The number of halogens is 3. The maximum atomic E-state index is 13.3. The summed E-state index contributed by atoms with van der Waals surface area (Å²) < 4.78 is 71.7. The van der Waals surface area contributed by atoms with Crippen LogP contribution in [0.4, 0.5) is 23.8 Å². The van der Waals surface area contributed by atoms with Gasteiger partial charge in [-0.25, -0.2) is 13.2 Å². The predicted octanol–water partition coefficient (Wildman–Crippen LogP) is 3.02. The fourth-order valence-corrected chi connectivity index (χ4v) is 4.72. The Hall–Kier alpha value is -3.29. The molecule has 1 aromatic carbocycles. The molecule has 0 spiro atoms. The van der Waals surface area contributed by atoms with E-state index in [1.165, 1.54) is 28.1 Å². The summed E-state index contributed by atoms with van der Waals surface area (Å²) in [5.74, 6) is -0.381. The SMILES string of the molecule is CS(=O)(=O)Nc1ccn(C(=O)N2CCC(Oc3ccc(C(F)(F)F)cc3C(=O)N3CCCC3)CC2)n1. The number of amides is 2. The maximum absolute atomic E-state index is 13.3. The number of hydrogen-bond donors (Lipinski definition) is 1. The fraction of sp³-hybridized carbons (Fsp3) is 0.500. The van der Waals surface area contributed by atoms with Crippen molar-refractivity contribution in [2.45, 2.75) is 38.0 Å². The smallest absolute Gasteiger partial charge is 0.416 e. The van der Waals surface area contributed by atoms with Crippen molar-refractivity contribution in [1.29, 1.82) is 0 Å². The second-order valence-electron chi connectivity index (χ2n) is 8.81. The summed E-state index contributed by atoms with van der Waals surface area (Å²) in [7, 11) is -3.53. The quantitative estimate of drug-likeness (QED) is 0.637. The van der Waals surface area contributed by atoms with Crippen molar-refractivity contribution in [3.63, 3.8) is 0 Å². The Labute approximate surface area is 206 Å². The highest BCUT2D eigenvalue weighted by atomic mass is 32.2. The zero-order valence-electron chi connectivity index (χ0n) is 19.5. The number of hydrogen-bond acceptors (Lipinski definition) is 6. The van der Waals surface area contributed by atoms with Gasteiger partial charge in [0.25, 0.3) is 5.91 Å². The van der Waals surface area contributed by atoms with Gasteiger partial charge in [0.2, 0.25) is 10.0 Å². The van der Waals surface area contributed by atoms with E-state index < -0.39 is 39.8 Å². The molecule has 4 rings (SSSR count). The molecule has 1 aromatic heterocycles. The molecule has 2 aliphatic rings. The topological polar surface area (TPSA) is 114 Å². The number of aromatic nitrogens is 2. The molecule has 2 aliphatic heterocycles. The Kier molecular flexibility index (Phi) is 7.16. The van der Waals surface area contributed by atoms with Crippen molar-refractivity contribution in [1.82, 2.24) is 19.6 Å². The number of nitrogens with zero attached hydrogens (tertiary/aromatic N) is 4. The highest BCUT2D eigenvalue weighted by Gasteiger charge is 2.34. The standard InChI is InChI=1S/C22H26F3N5O5S/c1-36(33,34)27-19-8-13-30(26-19)21(32)29-11-6-16(7-12-29)35-18-5-4-15(22(23,24)25)14-17(18)20(31)28-9-2-3-10-28/h4-5,8,13-14,16H,2-3,6-7,9-12H2,1H3,(H,26,27). The van der Waals surface area contributed by atoms with Gasteiger partial charge in [0.1, 0.15) is 11.9 Å². The molecule has 2 fully saturated rings. The first kappa shape index (κ1) is 25.8. The van der Waals surface area contributed by atoms with E-state index in [9.17, 15) is 31.2 Å². The number of sulfonamides is 1. The maximum Gasteiger partial charge on any atom is 0.416 e. The largest absolute Gasteiger partial charge is 0.489 e. The van der Waals surface area contributed by atoms with Crippen LogP contribution in [0, 0.1) is 0 Å². The Bertz CT molecular complexity index is 1230. The van der Waals surface area contributed by atoms with Gasteiger partial charge in [-0.2, -0.15) is 17.9 Å².